The Morgan fingerprint density at radius 3 is 2.43 bits per heavy atom. The molecule has 14 heavy (non-hydrogen) atoms. The molecule has 0 aliphatic rings. The van der Waals surface area contributed by atoms with E-state index in [1.54, 1.807) is 26.0 Å². The van der Waals surface area contributed by atoms with E-state index < -0.39 is 10.9 Å². The predicted octanol–water partition coefficient (Wildman–Crippen LogP) is 3.32. The molecular formula is C10H11BrF2O. The Balaban J connectivity index is 3.12. The molecule has 1 atom stereocenters. The minimum Gasteiger partial charge on any atom is -0.381 e. The van der Waals surface area contributed by atoms with Crippen molar-refractivity contribution in [2.45, 2.75) is 24.8 Å². The molecule has 0 saturated heterocycles. The quantitative estimate of drug-likeness (QED) is 0.813. The molecule has 1 rings (SSSR count). The van der Waals surface area contributed by atoms with Crippen molar-refractivity contribution in [2.24, 2.45) is 0 Å². The van der Waals surface area contributed by atoms with Gasteiger partial charge >= 0.3 is 4.83 Å². The molecule has 1 nitrogen and oxygen atoms in total. The minimum atomic E-state index is -3.29. The molecule has 0 saturated carbocycles. The smallest absolute Gasteiger partial charge is 0.330 e. The van der Waals surface area contributed by atoms with Gasteiger partial charge in [-0.25, -0.2) is 0 Å². The average Bonchev–Trinajstić information content (AvgIpc) is 2.06. The third-order valence-corrected chi connectivity index (χ3v) is 2.47. The summed E-state index contributed by atoms with van der Waals surface area (Å²) in [5.74, 6) is 0. The molecular weight excluding hydrogens is 254 g/mol. The van der Waals surface area contributed by atoms with E-state index in [2.05, 4.69) is 15.9 Å². The van der Waals surface area contributed by atoms with Crippen LogP contribution in [-0.2, 0) is 0 Å². The molecule has 0 heterocycles. The Kier molecular flexibility index (Phi) is 3.27. The number of aliphatic hydroxyl groups excluding tert-OH is 1. The SMILES string of the molecule is Cc1ccc(C)c(C(O)C(F)(F)Br)c1. The van der Waals surface area contributed by atoms with Gasteiger partial charge in [0, 0.05) is 0 Å². The van der Waals surface area contributed by atoms with Crippen LogP contribution in [0.5, 0.6) is 0 Å². The van der Waals surface area contributed by atoms with E-state index in [9.17, 15) is 13.9 Å². The molecule has 1 unspecified atom stereocenters. The van der Waals surface area contributed by atoms with Crippen LogP contribution in [0.3, 0.4) is 0 Å². The van der Waals surface area contributed by atoms with E-state index >= 15 is 0 Å². The van der Waals surface area contributed by atoms with Gasteiger partial charge in [0.2, 0.25) is 0 Å². The lowest BCUT2D eigenvalue weighted by atomic mass is 10.0. The van der Waals surface area contributed by atoms with Crippen LogP contribution in [0.4, 0.5) is 8.78 Å². The molecule has 0 aromatic heterocycles. The van der Waals surface area contributed by atoms with E-state index in [-0.39, 0.29) is 5.56 Å². The van der Waals surface area contributed by atoms with Crippen molar-refractivity contribution >= 4 is 15.9 Å². The zero-order valence-electron chi connectivity index (χ0n) is 7.89. The van der Waals surface area contributed by atoms with Crippen LogP contribution in [0.1, 0.15) is 22.8 Å². The van der Waals surface area contributed by atoms with E-state index in [0.717, 1.165) is 5.56 Å². The standard InChI is InChI=1S/C10H11BrF2O/c1-6-3-4-7(2)8(5-6)9(14)10(11,12)13/h3-5,9,14H,1-2H3. The molecule has 1 aromatic rings. The summed E-state index contributed by atoms with van der Waals surface area (Å²) in [5, 5.41) is 9.37. The number of halogens is 3. The van der Waals surface area contributed by atoms with Crippen LogP contribution in [0.25, 0.3) is 0 Å². The third-order valence-electron chi connectivity index (χ3n) is 2.04. The second-order valence-electron chi connectivity index (χ2n) is 3.30. The highest BCUT2D eigenvalue weighted by atomic mass is 79.9. The maximum atomic E-state index is 12.8. The maximum Gasteiger partial charge on any atom is 0.330 e. The highest BCUT2D eigenvalue weighted by Gasteiger charge is 2.36. The lowest BCUT2D eigenvalue weighted by molar-refractivity contribution is -0.0298. The fourth-order valence-corrected chi connectivity index (χ4v) is 1.48. The normalized spacial score (nSPS) is 14.1. The fourth-order valence-electron chi connectivity index (χ4n) is 1.23. The number of aliphatic hydroxyl groups is 1. The molecule has 0 aliphatic heterocycles. The Bertz CT molecular complexity index is 333. The van der Waals surface area contributed by atoms with Crippen LogP contribution in [0.2, 0.25) is 0 Å². The molecule has 0 amide bonds. The van der Waals surface area contributed by atoms with Crippen LogP contribution in [-0.4, -0.2) is 9.94 Å². The van der Waals surface area contributed by atoms with Crippen molar-refractivity contribution in [1.82, 2.24) is 0 Å². The topological polar surface area (TPSA) is 20.2 Å². The zero-order chi connectivity index (χ0) is 10.9. The second kappa shape index (κ2) is 3.95. The minimum absolute atomic E-state index is 0.256. The van der Waals surface area contributed by atoms with Gasteiger partial charge in [-0.1, -0.05) is 23.8 Å². The van der Waals surface area contributed by atoms with Gasteiger partial charge in [-0.3, -0.25) is 0 Å². The van der Waals surface area contributed by atoms with E-state index in [1.165, 1.54) is 0 Å². The summed E-state index contributed by atoms with van der Waals surface area (Å²) in [5.41, 5.74) is 1.76. The second-order valence-corrected chi connectivity index (χ2v) is 4.36. The Morgan fingerprint density at radius 2 is 1.93 bits per heavy atom. The largest absolute Gasteiger partial charge is 0.381 e. The Labute approximate surface area is 89.9 Å². The lowest BCUT2D eigenvalue weighted by Crippen LogP contribution is -2.19. The van der Waals surface area contributed by atoms with E-state index in [4.69, 9.17) is 0 Å². The maximum absolute atomic E-state index is 12.8. The van der Waals surface area contributed by atoms with Crippen molar-refractivity contribution in [3.8, 4) is 0 Å². The molecule has 1 aromatic carbocycles. The van der Waals surface area contributed by atoms with Crippen LogP contribution < -0.4 is 0 Å². The highest BCUT2D eigenvalue weighted by Crippen LogP contribution is 2.37. The van der Waals surface area contributed by atoms with Crippen molar-refractivity contribution in [3.05, 3.63) is 34.9 Å². The molecule has 0 radical (unpaired) electrons. The fraction of sp³-hybridized carbons (Fsp3) is 0.400. The number of rotatable bonds is 2. The van der Waals surface area contributed by atoms with Gasteiger partial charge in [0.15, 0.2) is 6.10 Å². The first-order valence-electron chi connectivity index (χ1n) is 4.14. The molecule has 0 aliphatic carbocycles. The first kappa shape index (κ1) is 11.6. The van der Waals surface area contributed by atoms with Crippen molar-refractivity contribution in [2.75, 3.05) is 0 Å². The molecule has 0 spiro atoms. The van der Waals surface area contributed by atoms with Gasteiger partial charge in [0.05, 0.1) is 0 Å². The highest BCUT2D eigenvalue weighted by molar-refractivity contribution is 9.10. The number of benzene rings is 1. The summed E-state index contributed by atoms with van der Waals surface area (Å²) in [4.78, 5) is -3.29. The number of alkyl halides is 3. The first-order chi connectivity index (χ1) is 6.32. The zero-order valence-corrected chi connectivity index (χ0v) is 9.48. The third kappa shape index (κ3) is 2.51. The summed E-state index contributed by atoms with van der Waals surface area (Å²) in [7, 11) is 0. The molecule has 1 N–H and O–H groups in total. The van der Waals surface area contributed by atoms with Gasteiger partial charge in [0.25, 0.3) is 0 Å². The summed E-state index contributed by atoms with van der Waals surface area (Å²) in [6.45, 7) is 3.48. The van der Waals surface area contributed by atoms with Crippen LogP contribution in [0, 0.1) is 13.8 Å². The van der Waals surface area contributed by atoms with E-state index in [0.29, 0.717) is 5.56 Å². The van der Waals surface area contributed by atoms with Gasteiger partial charge in [-0.15, -0.1) is 0 Å². The van der Waals surface area contributed by atoms with Gasteiger partial charge in [-0.05, 0) is 40.9 Å². The van der Waals surface area contributed by atoms with Crippen molar-refractivity contribution < 1.29 is 13.9 Å². The van der Waals surface area contributed by atoms with Gasteiger partial charge in [-0.2, -0.15) is 8.78 Å². The summed E-state index contributed by atoms with van der Waals surface area (Å²) in [6, 6.07) is 5.10. The number of hydrogen-bond acceptors (Lipinski definition) is 1. The van der Waals surface area contributed by atoms with Gasteiger partial charge in [0.1, 0.15) is 0 Å². The average molecular weight is 265 g/mol. The molecule has 78 valence electrons. The predicted molar refractivity (Wildman–Crippen MR) is 54.7 cm³/mol. The Hall–Kier alpha value is -0.480. The van der Waals surface area contributed by atoms with Crippen molar-refractivity contribution in [3.63, 3.8) is 0 Å². The van der Waals surface area contributed by atoms with Gasteiger partial charge < -0.3 is 5.11 Å². The Morgan fingerprint density at radius 1 is 1.36 bits per heavy atom. The summed E-state index contributed by atoms with van der Waals surface area (Å²) < 4.78 is 25.6. The monoisotopic (exact) mass is 264 g/mol. The first-order valence-corrected chi connectivity index (χ1v) is 4.93. The number of hydrogen-bond donors (Lipinski definition) is 1. The van der Waals surface area contributed by atoms with E-state index in [1.807, 2.05) is 6.07 Å². The molecule has 0 fully saturated rings. The van der Waals surface area contributed by atoms with Crippen LogP contribution in [0.15, 0.2) is 18.2 Å². The summed E-state index contributed by atoms with van der Waals surface area (Å²) >= 11 is 2.16. The number of aryl methyl sites for hydroxylation is 2. The van der Waals surface area contributed by atoms with Crippen LogP contribution >= 0.6 is 15.9 Å². The molecule has 0 bridgehead atoms. The molecule has 4 heteroatoms. The summed E-state index contributed by atoms with van der Waals surface area (Å²) in [6.07, 6.45) is -1.80. The lowest BCUT2D eigenvalue weighted by Gasteiger charge is -2.19. The van der Waals surface area contributed by atoms with Crippen molar-refractivity contribution in [1.29, 1.82) is 0 Å².